The largest absolute Gasteiger partial charge is 0.508 e. The Hall–Kier alpha value is -1.83. The molecule has 2 aromatic carbocycles. The van der Waals surface area contributed by atoms with Crippen molar-refractivity contribution in [2.75, 3.05) is 0 Å². The number of benzene rings is 2. The van der Waals surface area contributed by atoms with Gasteiger partial charge in [0.15, 0.2) is 0 Å². The Morgan fingerprint density at radius 3 is 2.38 bits per heavy atom. The van der Waals surface area contributed by atoms with Crippen molar-refractivity contribution in [3.63, 3.8) is 0 Å². The van der Waals surface area contributed by atoms with Gasteiger partial charge in [-0.05, 0) is 48.7 Å². The second-order valence-corrected chi connectivity index (χ2v) is 3.98. The maximum atomic E-state index is 13.7. The first-order valence-electron chi connectivity index (χ1n) is 5.14. The highest BCUT2D eigenvalue weighted by atomic mass is 19.1. The Bertz CT molecular complexity index is 532. The van der Waals surface area contributed by atoms with Crippen LogP contribution in [0.5, 0.6) is 5.75 Å². The molecule has 0 aromatic heterocycles. The van der Waals surface area contributed by atoms with Crippen LogP contribution in [0.1, 0.15) is 11.1 Å². The van der Waals surface area contributed by atoms with E-state index < -0.39 is 0 Å². The minimum atomic E-state index is -0.231. The maximum Gasteiger partial charge on any atom is 0.131 e. The topological polar surface area (TPSA) is 20.2 Å². The average Bonchev–Trinajstić information content (AvgIpc) is 2.22. The van der Waals surface area contributed by atoms with Crippen LogP contribution in [0, 0.1) is 19.7 Å². The van der Waals surface area contributed by atoms with Crippen LogP contribution >= 0.6 is 0 Å². The summed E-state index contributed by atoms with van der Waals surface area (Å²) in [5.74, 6) is 0.00126. The van der Waals surface area contributed by atoms with Crippen molar-refractivity contribution < 1.29 is 9.50 Å². The first-order valence-corrected chi connectivity index (χ1v) is 5.14. The standard InChI is InChI=1S/C14H13FO/c1-9-3-5-12(13(15)7-9)11-4-6-14(16)10(2)8-11/h3-8,16H,1-2H3. The molecule has 0 atom stereocenters. The minimum absolute atomic E-state index is 0.231. The zero-order valence-electron chi connectivity index (χ0n) is 9.29. The van der Waals surface area contributed by atoms with Gasteiger partial charge in [0.2, 0.25) is 0 Å². The van der Waals surface area contributed by atoms with E-state index in [2.05, 4.69) is 0 Å². The van der Waals surface area contributed by atoms with Crippen molar-refractivity contribution in [3.05, 3.63) is 53.3 Å². The Labute approximate surface area is 94.2 Å². The summed E-state index contributed by atoms with van der Waals surface area (Å²) in [7, 11) is 0. The van der Waals surface area contributed by atoms with E-state index >= 15 is 0 Å². The van der Waals surface area contributed by atoms with Crippen molar-refractivity contribution in [1.82, 2.24) is 0 Å². The van der Waals surface area contributed by atoms with Crippen molar-refractivity contribution >= 4 is 0 Å². The number of aryl methyl sites for hydroxylation is 2. The van der Waals surface area contributed by atoms with Crippen molar-refractivity contribution in [1.29, 1.82) is 0 Å². The lowest BCUT2D eigenvalue weighted by molar-refractivity contribution is 0.471. The number of halogens is 1. The van der Waals surface area contributed by atoms with E-state index in [0.29, 0.717) is 5.56 Å². The Balaban J connectivity index is 2.54. The minimum Gasteiger partial charge on any atom is -0.508 e. The second-order valence-electron chi connectivity index (χ2n) is 3.98. The first-order chi connectivity index (χ1) is 7.58. The number of hydrogen-bond donors (Lipinski definition) is 1. The number of hydrogen-bond acceptors (Lipinski definition) is 1. The molecule has 0 amide bonds. The summed E-state index contributed by atoms with van der Waals surface area (Å²) in [4.78, 5) is 0. The number of aromatic hydroxyl groups is 1. The lowest BCUT2D eigenvalue weighted by atomic mass is 10.0. The van der Waals surface area contributed by atoms with Crippen LogP contribution in [0.4, 0.5) is 4.39 Å². The fraction of sp³-hybridized carbons (Fsp3) is 0.143. The molecule has 16 heavy (non-hydrogen) atoms. The van der Waals surface area contributed by atoms with Crippen LogP contribution in [0.2, 0.25) is 0 Å². The van der Waals surface area contributed by atoms with Gasteiger partial charge in [-0.1, -0.05) is 18.2 Å². The number of phenolic OH excluding ortho intramolecular Hbond substituents is 1. The van der Waals surface area contributed by atoms with Gasteiger partial charge in [0.05, 0.1) is 0 Å². The molecule has 0 aliphatic heterocycles. The molecule has 82 valence electrons. The molecule has 0 aliphatic carbocycles. The molecule has 1 nitrogen and oxygen atoms in total. The lowest BCUT2D eigenvalue weighted by Gasteiger charge is -2.06. The van der Waals surface area contributed by atoms with Crippen LogP contribution in [0.25, 0.3) is 11.1 Å². The summed E-state index contributed by atoms with van der Waals surface area (Å²) in [6.45, 7) is 3.65. The monoisotopic (exact) mass is 216 g/mol. The molecule has 0 saturated carbocycles. The maximum absolute atomic E-state index is 13.7. The fourth-order valence-electron chi connectivity index (χ4n) is 1.68. The summed E-state index contributed by atoms with van der Waals surface area (Å²) < 4.78 is 13.7. The van der Waals surface area contributed by atoms with E-state index in [4.69, 9.17) is 0 Å². The molecule has 0 bridgehead atoms. The van der Waals surface area contributed by atoms with Gasteiger partial charge in [-0.2, -0.15) is 0 Å². The Morgan fingerprint density at radius 2 is 1.75 bits per heavy atom. The van der Waals surface area contributed by atoms with E-state index in [-0.39, 0.29) is 11.6 Å². The number of rotatable bonds is 1. The molecule has 0 radical (unpaired) electrons. The van der Waals surface area contributed by atoms with Crippen molar-refractivity contribution in [2.45, 2.75) is 13.8 Å². The molecule has 0 spiro atoms. The van der Waals surface area contributed by atoms with Gasteiger partial charge in [-0.15, -0.1) is 0 Å². The molecule has 0 heterocycles. The van der Waals surface area contributed by atoms with Gasteiger partial charge in [-0.3, -0.25) is 0 Å². The van der Waals surface area contributed by atoms with Crippen molar-refractivity contribution in [2.24, 2.45) is 0 Å². The Morgan fingerprint density at radius 1 is 1.00 bits per heavy atom. The third kappa shape index (κ3) is 1.91. The van der Waals surface area contributed by atoms with Gasteiger partial charge in [0.25, 0.3) is 0 Å². The highest BCUT2D eigenvalue weighted by molar-refractivity contribution is 5.66. The molecule has 0 saturated heterocycles. The summed E-state index contributed by atoms with van der Waals surface area (Å²) in [5.41, 5.74) is 3.00. The van der Waals surface area contributed by atoms with E-state index in [1.54, 1.807) is 31.2 Å². The van der Waals surface area contributed by atoms with Crippen LogP contribution in [-0.2, 0) is 0 Å². The molecular weight excluding hydrogens is 203 g/mol. The quantitative estimate of drug-likeness (QED) is 0.768. The normalized spacial score (nSPS) is 10.4. The molecule has 0 fully saturated rings. The average molecular weight is 216 g/mol. The molecule has 0 unspecified atom stereocenters. The SMILES string of the molecule is Cc1ccc(-c2ccc(O)c(C)c2)c(F)c1. The summed E-state index contributed by atoms with van der Waals surface area (Å²) in [6, 6.07) is 10.2. The van der Waals surface area contributed by atoms with Crippen LogP contribution in [0.3, 0.4) is 0 Å². The molecular formula is C14H13FO. The highest BCUT2D eigenvalue weighted by Crippen LogP contribution is 2.27. The predicted octanol–water partition coefficient (Wildman–Crippen LogP) is 3.82. The third-order valence-electron chi connectivity index (χ3n) is 2.63. The van der Waals surface area contributed by atoms with E-state index in [0.717, 1.165) is 16.7 Å². The summed E-state index contributed by atoms with van der Waals surface area (Å²) in [6.07, 6.45) is 0. The second kappa shape index (κ2) is 3.97. The third-order valence-corrected chi connectivity index (χ3v) is 2.63. The Kier molecular flexibility index (Phi) is 2.65. The van der Waals surface area contributed by atoms with Crippen LogP contribution in [0.15, 0.2) is 36.4 Å². The number of phenols is 1. The van der Waals surface area contributed by atoms with Gasteiger partial charge in [0.1, 0.15) is 11.6 Å². The van der Waals surface area contributed by atoms with E-state index in [1.165, 1.54) is 6.07 Å². The summed E-state index contributed by atoms with van der Waals surface area (Å²) >= 11 is 0. The van der Waals surface area contributed by atoms with E-state index in [1.807, 2.05) is 13.0 Å². The summed E-state index contributed by atoms with van der Waals surface area (Å²) in [5, 5.41) is 9.41. The molecule has 2 heteroatoms. The van der Waals surface area contributed by atoms with Crippen LogP contribution < -0.4 is 0 Å². The fourth-order valence-corrected chi connectivity index (χ4v) is 1.68. The first kappa shape index (κ1) is 10.7. The predicted molar refractivity (Wildman–Crippen MR) is 63.0 cm³/mol. The zero-order valence-corrected chi connectivity index (χ0v) is 9.29. The molecule has 2 aromatic rings. The van der Waals surface area contributed by atoms with Gasteiger partial charge in [-0.25, -0.2) is 4.39 Å². The smallest absolute Gasteiger partial charge is 0.131 e. The van der Waals surface area contributed by atoms with Crippen LogP contribution in [-0.4, -0.2) is 5.11 Å². The van der Waals surface area contributed by atoms with Gasteiger partial charge < -0.3 is 5.11 Å². The lowest BCUT2D eigenvalue weighted by Crippen LogP contribution is -1.86. The highest BCUT2D eigenvalue weighted by Gasteiger charge is 2.06. The van der Waals surface area contributed by atoms with Gasteiger partial charge >= 0.3 is 0 Å². The van der Waals surface area contributed by atoms with E-state index in [9.17, 15) is 9.50 Å². The van der Waals surface area contributed by atoms with Crippen molar-refractivity contribution in [3.8, 4) is 16.9 Å². The van der Waals surface area contributed by atoms with Gasteiger partial charge in [0, 0.05) is 5.56 Å². The molecule has 2 rings (SSSR count). The zero-order chi connectivity index (χ0) is 11.7. The molecule has 1 N–H and O–H groups in total. The molecule has 0 aliphatic rings.